The normalized spacial score (nSPS) is 34.1. The van der Waals surface area contributed by atoms with Gasteiger partial charge in [-0.1, -0.05) is 13.8 Å². The van der Waals surface area contributed by atoms with Gasteiger partial charge in [-0.15, -0.1) is 0 Å². The van der Waals surface area contributed by atoms with E-state index in [1.54, 1.807) is 0 Å². The molecule has 0 amide bonds. The first-order valence-corrected chi connectivity index (χ1v) is 7.86. The van der Waals surface area contributed by atoms with E-state index in [1.807, 2.05) is 0 Å². The molecule has 1 heterocycles. The number of nitrogens with one attached hydrogen (secondary N) is 2. The number of hydrogen-bond acceptors (Lipinski definition) is 3. The predicted octanol–water partition coefficient (Wildman–Crippen LogP) is 2.25. The fourth-order valence-electron chi connectivity index (χ4n) is 2.88. The highest BCUT2D eigenvalue weighted by atomic mass is 32.2. The van der Waals surface area contributed by atoms with Crippen molar-refractivity contribution in [2.24, 2.45) is 5.41 Å². The average molecular weight is 242 g/mol. The van der Waals surface area contributed by atoms with Gasteiger partial charge in [0.15, 0.2) is 0 Å². The fraction of sp³-hybridized carbons (Fsp3) is 1.00. The summed E-state index contributed by atoms with van der Waals surface area (Å²) in [4.78, 5) is 0. The summed E-state index contributed by atoms with van der Waals surface area (Å²) in [6.07, 6.45) is 5.42. The Balaban J connectivity index is 1.58. The minimum absolute atomic E-state index is 0.580. The van der Waals surface area contributed by atoms with E-state index in [2.05, 4.69) is 36.2 Å². The van der Waals surface area contributed by atoms with Crippen LogP contribution in [0.2, 0.25) is 0 Å². The molecule has 1 aliphatic carbocycles. The SMILES string of the molecule is CC1(C)CCC(NCCC2CSCCN2)C1. The molecule has 16 heavy (non-hydrogen) atoms. The Morgan fingerprint density at radius 1 is 1.44 bits per heavy atom. The van der Waals surface area contributed by atoms with Crippen LogP contribution in [0.25, 0.3) is 0 Å². The Labute approximate surface area is 104 Å². The molecule has 1 aliphatic heterocycles. The van der Waals surface area contributed by atoms with Crippen LogP contribution in [0.15, 0.2) is 0 Å². The molecule has 2 aliphatic rings. The average Bonchev–Trinajstić information content (AvgIpc) is 2.60. The molecule has 1 saturated heterocycles. The third kappa shape index (κ3) is 3.94. The van der Waals surface area contributed by atoms with Crippen LogP contribution in [-0.4, -0.2) is 36.7 Å². The number of hydrogen-bond donors (Lipinski definition) is 2. The van der Waals surface area contributed by atoms with E-state index in [1.165, 1.54) is 50.3 Å². The van der Waals surface area contributed by atoms with Crippen molar-refractivity contribution in [1.82, 2.24) is 10.6 Å². The highest BCUT2D eigenvalue weighted by Crippen LogP contribution is 2.36. The lowest BCUT2D eigenvalue weighted by Gasteiger charge is -2.24. The van der Waals surface area contributed by atoms with E-state index in [4.69, 9.17) is 0 Å². The van der Waals surface area contributed by atoms with Crippen molar-refractivity contribution >= 4 is 11.8 Å². The minimum Gasteiger partial charge on any atom is -0.314 e. The Kier molecular flexibility index (Phi) is 4.57. The summed E-state index contributed by atoms with van der Waals surface area (Å²) in [6, 6.07) is 1.53. The summed E-state index contributed by atoms with van der Waals surface area (Å²) in [5, 5.41) is 7.34. The fourth-order valence-corrected chi connectivity index (χ4v) is 3.88. The lowest BCUT2D eigenvalue weighted by Crippen LogP contribution is -2.40. The molecule has 0 aromatic carbocycles. The van der Waals surface area contributed by atoms with Crippen LogP contribution in [0.5, 0.6) is 0 Å². The highest BCUT2D eigenvalue weighted by molar-refractivity contribution is 7.99. The molecule has 2 nitrogen and oxygen atoms in total. The summed E-state index contributed by atoms with van der Waals surface area (Å²) in [7, 11) is 0. The van der Waals surface area contributed by atoms with Gasteiger partial charge in [0.05, 0.1) is 0 Å². The second-order valence-electron chi connectivity index (χ2n) is 6.07. The van der Waals surface area contributed by atoms with Crippen LogP contribution in [0, 0.1) is 5.41 Å². The minimum atomic E-state index is 0.580. The van der Waals surface area contributed by atoms with Crippen molar-refractivity contribution in [2.45, 2.75) is 51.6 Å². The Morgan fingerprint density at radius 3 is 2.94 bits per heavy atom. The highest BCUT2D eigenvalue weighted by Gasteiger charge is 2.30. The Morgan fingerprint density at radius 2 is 2.31 bits per heavy atom. The van der Waals surface area contributed by atoms with E-state index in [0.717, 1.165) is 12.1 Å². The molecule has 2 unspecified atom stereocenters. The van der Waals surface area contributed by atoms with Gasteiger partial charge in [0, 0.05) is 30.1 Å². The zero-order valence-electron chi connectivity index (χ0n) is 10.7. The maximum absolute atomic E-state index is 3.74. The summed E-state index contributed by atoms with van der Waals surface area (Å²) in [6.45, 7) is 7.19. The molecule has 3 heteroatoms. The molecule has 2 N–H and O–H groups in total. The van der Waals surface area contributed by atoms with Crippen molar-refractivity contribution in [1.29, 1.82) is 0 Å². The molecule has 2 atom stereocenters. The van der Waals surface area contributed by atoms with E-state index < -0.39 is 0 Å². The van der Waals surface area contributed by atoms with Gasteiger partial charge in [-0.05, 0) is 37.6 Å². The van der Waals surface area contributed by atoms with Crippen molar-refractivity contribution in [3.05, 3.63) is 0 Å². The van der Waals surface area contributed by atoms with Crippen LogP contribution >= 0.6 is 11.8 Å². The summed E-state index contributed by atoms with van der Waals surface area (Å²) >= 11 is 2.10. The molecule has 0 spiro atoms. The van der Waals surface area contributed by atoms with Gasteiger partial charge < -0.3 is 10.6 Å². The van der Waals surface area contributed by atoms with Crippen molar-refractivity contribution in [2.75, 3.05) is 24.6 Å². The third-order valence-electron chi connectivity index (χ3n) is 3.89. The van der Waals surface area contributed by atoms with E-state index in [9.17, 15) is 0 Å². The molecule has 0 aromatic heterocycles. The maximum atomic E-state index is 3.74. The van der Waals surface area contributed by atoms with Crippen molar-refractivity contribution in [3.8, 4) is 0 Å². The largest absolute Gasteiger partial charge is 0.314 e. The molecule has 1 saturated carbocycles. The summed E-state index contributed by atoms with van der Waals surface area (Å²) < 4.78 is 0. The van der Waals surface area contributed by atoms with E-state index in [0.29, 0.717) is 5.41 Å². The quantitative estimate of drug-likeness (QED) is 0.791. The van der Waals surface area contributed by atoms with Gasteiger partial charge >= 0.3 is 0 Å². The van der Waals surface area contributed by atoms with Gasteiger partial charge in [-0.2, -0.15) is 11.8 Å². The van der Waals surface area contributed by atoms with Gasteiger partial charge in [0.2, 0.25) is 0 Å². The van der Waals surface area contributed by atoms with Gasteiger partial charge in [0.25, 0.3) is 0 Å². The predicted molar refractivity (Wildman–Crippen MR) is 73.2 cm³/mol. The van der Waals surface area contributed by atoms with Crippen molar-refractivity contribution in [3.63, 3.8) is 0 Å². The molecule has 2 fully saturated rings. The Bertz CT molecular complexity index is 212. The lowest BCUT2D eigenvalue weighted by atomic mass is 9.92. The second kappa shape index (κ2) is 5.74. The summed E-state index contributed by atoms with van der Waals surface area (Å²) in [5.74, 6) is 2.60. The van der Waals surface area contributed by atoms with E-state index in [-0.39, 0.29) is 0 Å². The van der Waals surface area contributed by atoms with Crippen LogP contribution in [0.4, 0.5) is 0 Å². The van der Waals surface area contributed by atoms with Gasteiger partial charge in [-0.3, -0.25) is 0 Å². The maximum Gasteiger partial charge on any atom is 0.0170 e. The lowest BCUT2D eigenvalue weighted by molar-refractivity contribution is 0.362. The standard InChI is InChI=1S/C13H26N2S/c1-13(2)5-3-11(9-13)14-6-4-12-10-16-8-7-15-12/h11-12,14-15H,3-10H2,1-2H3. The first-order valence-electron chi connectivity index (χ1n) is 6.70. The Hall–Kier alpha value is 0.270. The topological polar surface area (TPSA) is 24.1 Å². The van der Waals surface area contributed by atoms with E-state index >= 15 is 0 Å². The molecular formula is C13H26N2S. The molecule has 0 aromatic rings. The third-order valence-corrected chi connectivity index (χ3v) is 5.02. The molecule has 2 rings (SSSR count). The van der Waals surface area contributed by atoms with Crippen LogP contribution in [-0.2, 0) is 0 Å². The monoisotopic (exact) mass is 242 g/mol. The molecule has 94 valence electrons. The first-order chi connectivity index (χ1) is 7.66. The van der Waals surface area contributed by atoms with Gasteiger partial charge in [0.1, 0.15) is 0 Å². The van der Waals surface area contributed by atoms with Gasteiger partial charge in [-0.25, -0.2) is 0 Å². The number of thioether (sulfide) groups is 1. The van der Waals surface area contributed by atoms with Crippen LogP contribution in [0.1, 0.15) is 39.5 Å². The zero-order chi connectivity index (χ0) is 11.4. The van der Waals surface area contributed by atoms with Crippen LogP contribution < -0.4 is 10.6 Å². The second-order valence-corrected chi connectivity index (χ2v) is 7.22. The molecule has 0 radical (unpaired) electrons. The first kappa shape index (κ1) is 12.7. The summed E-state index contributed by atoms with van der Waals surface area (Å²) in [5.41, 5.74) is 0.580. The zero-order valence-corrected chi connectivity index (χ0v) is 11.5. The molecular weight excluding hydrogens is 216 g/mol. The smallest absolute Gasteiger partial charge is 0.0170 e. The molecule has 0 bridgehead atoms. The number of rotatable bonds is 4. The van der Waals surface area contributed by atoms with Crippen LogP contribution in [0.3, 0.4) is 0 Å². The van der Waals surface area contributed by atoms with Crippen molar-refractivity contribution < 1.29 is 0 Å².